The third kappa shape index (κ3) is 2.60. The molecule has 19 heavy (non-hydrogen) atoms. The number of hydrogen-bond acceptors (Lipinski definition) is 7. The lowest BCUT2D eigenvalue weighted by Gasteiger charge is -2.28. The Bertz CT molecular complexity index is 566. The van der Waals surface area contributed by atoms with Crippen molar-refractivity contribution in [3.63, 3.8) is 0 Å². The number of carbonyl (C=O) groups excluding carboxylic acids is 1. The average Bonchev–Trinajstić information content (AvgIpc) is 3.01. The molecule has 0 bridgehead atoms. The smallest absolute Gasteiger partial charge is 0.215 e. The van der Waals surface area contributed by atoms with E-state index in [4.69, 9.17) is 5.73 Å². The summed E-state index contributed by atoms with van der Waals surface area (Å²) >= 11 is 1.69. The van der Waals surface area contributed by atoms with Gasteiger partial charge in [0.2, 0.25) is 11.6 Å². The van der Waals surface area contributed by atoms with Gasteiger partial charge >= 0.3 is 0 Å². The Hall–Kier alpha value is -1.89. The summed E-state index contributed by atoms with van der Waals surface area (Å²) in [6.45, 7) is 0. The second-order valence-corrected chi connectivity index (χ2v) is 5.71. The van der Waals surface area contributed by atoms with Gasteiger partial charge in [0, 0.05) is 29.7 Å². The predicted octanol–water partition coefficient (Wildman–Crippen LogP) is 2.03. The van der Waals surface area contributed by atoms with Crippen molar-refractivity contribution in [1.82, 2.24) is 10.3 Å². The first-order valence-corrected chi connectivity index (χ1v) is 7.00. The maximum Gasteiger partial charge on any atom is 0.215 e. The summed E-state index contributed by atoms with van der Waals surface area (Å²) in [5.41, 5.74) is 5.61. The number of Topliss-reactive ketones (excluding diaryl/α,β-unsaturated/α-hetero) is 1. The van der Waals surface area contributed by atoms with Gasteiger partial charge in [0.15, 0.2) is 0 Å². The highest BCUT2D eigenvalue weighted by Gasteiger charge is 2.29. The molecule has 0 amide bonds. The second kappa shape index (κ2) is 5.00. The quantitative estimate of drug-likeness (QED) is 0.892. The number of carbonyl (C=O) groups is 1. The van der Waals surface area contributed by atoms with Crippen molar-refractivity contribution in [3.8, 4) is 0 Å². The van der Waals surface area contributed by atoms with Gasteiger partial charge < -0.3 is 11.1 Å². The van der Waals surface area contributed by atoms with Gasteiger partial charge in [0.25, 0.3) is 0 Å². The molecule has 3 N–H and O–H groups in total. The number of nitrogens with zero attached hydrogens (tertiary/aromatic N) is 2. The standard InChI is InChI=1S/C12H14N4O2S/c13-11-12(16-18-15-11)14-8-4-7(5-9(17)6-8)10-2-1-3-19-10/h1-3,7-8H,4-6H2,(H2,13,15)(H,14,16). The molecule has 2 heterocycles. The molecule has 1 aliphatic rings. The molecule has 0 radical (unpaired) electrons. The van der Waals surface area contributed by atoms with Gasteiger partial charge in [-0.05, 0) is 28.2 Å². The summed E-state index contributed by atoms with van der Waals surface area (Å²) in [6.07, 6.45) is 2.00. The third-order valence-corrected chi connectivity index (χ3v) is 4.35. The Morgan fingerprint density at radius 3 is 3.00 bits per heavy atom. The molecule has 2 atom stereocenters. The Kier molecular flexibility index (Phi) is 3.20. The number of nitrogens with one attached hydrogen (secondary N) is 1. The van der Waals surface area contributed by atoms with Gasteiger partial charge in [-0.3, -0.25) is 4.79 Å². The van der Waals surface area contributed by atoms with Crippen LogP contribution in [0.2, 0.25) is 0 Å². The van der Waals surface area contributed by atoms with Crippen LogP contribution in [0.15, 0.2) is 22.1 Å². The van der Waals surface area contributed by atoms with E-state index >= 15 is 0 Å². The molecule has 0 saturated heterocycles. The predicted molar refractivity (Wildman–Crippen MR) is 72.0 cm³/mol. The summed E-state index contributed by atoms with van der Waals surface area (Å²) in [5, 5.41) is 12.4. The van der Waals surface area contributed by atoms with Gasteiger partial charge in [-0.15, -0.1) is 11.3 Å². The first-order valence-electron chi connectivity index (χ1n) is 6.12. The zero-order valence-electron chi connectivity index (χ0n) is 10.2. The number of rotatable bonds is 3. The van der Waals surface area contributed by atoms with Crippen LogP contribution in [0, 0.1) is 0 Å². The number of aromatic nitrogens is 2. The molecule has 1 saturated carbocycles. The molecule has 2 aromatic rings. The first kappa shape index (κ1) is 12.2. The summed E-state index contributed by atoms with van der Waals surface area (Å²) < 4.78 is 4.54. The van der Waals surface area contributed by atoms with Crippen LogP contribution in [-0.4, -0.2) is 22.1 Å². The number of ketones is 1. The number of hydrogen-bond donors (Lipinski definition) is 2. The maximum absolute atomic E-state index is 11.9. The highest BCUT2D eigenvalue weighted by atomic mass is 32.1. The van der Waals surface area contributed by atoms with E-state index in [0.29, 0.717) is 18.7 Å². The van der Waals surface area contributed by atoms with E-state index in [0.717, 1.165) is 6.42 Å². The molecule has 1 fully saturated rings. The first-order chi connectivity index (χ1) is 9.22. The van der Waals surface area contributed by atoms with Gasteiger partial charge in [-0.25, -0.2) is 4.63 Å². The molecule has 100 valence electrons. The van der Waals surface area contributed by atoms with E-state index in [9.17, 15) is 4.79 Å². The topological polar surface area (TPSA) is 94.0 Å². The monoisotopic (exact) mass is 278 g/mol. The van der Waals surface area contributed by atoms with E-state index in [1.165, 1.54) is 4.88 Å². The zero-order valence-corrected chi connectivity index (χ0v) is 11.0. The fraction of sp³-hybridized carbons (Fsp3) is 0.417. The summed E-state index contributed by atoms with van der Waals surface area (Å²) in [6, 6.07) is 4.13. The van der Waals surface area contributed by atoms with Crippen molar-refractivity contribution in [1.29, 1.82) is 0 Å². The van der Waals surface area contributed by atoms with Crippen molar-refractivity contribution < 1.29 is 9.42 Å². The molecule has 1 aliphatic carbocycles. The van der Waals surface area contributed by atoms with Crippen molar-refractivity contribution >= 4 is 28.8 Å². The fourth-order valence-electron chi connectivity index (χ4n) is 2.48. The van der Waals surface area contributed by atoms with Crippen molar-refractivity contribution in [3.05, 3.63) is 22.4 Å². The number of nitrogens with two attached hydrogens (primary N) is 1. The van der Waals surface area contributed by atoms with Crippen molar-refractivity contribution in [2.75, 3.05) is 11.1 Å². The van der Waals surface area contributed by atoms with Crippen LogP contribution in [0.1, 0.15) is 30.1 Å². The maximum atomic E-state index is 11.9. The molecule has 2 unspecified atom stereocenters. The number of nitrogen functional groups attached to an aromatic ring is 1. The highest BCUT2D eigenvalue weighted by molar-refractivity contribution is 7.10. The van der Waals surface area contributed by atoms with Crippen LogP contribution in [0.5, 0.6) is 0 Å². The van der Waals surface area contributed by atoms with Crippen LogP contribution in [-0.2, 0) is 4.79 Å². The zero-order chi connectivity index (χ0) is 13.2. The van der Waals surface area contributed by atoms with Crippen LogP contribution < -0.4 is 11.1 Å². The van der Waals surface area contributed by atoms with Gasteiger partial charge in [-0.2, -0.15) is 0 Å². The SMILES string of the molecule is Nc1nonc1NC1CC(=O)CC(c2cccs2)C1. The summed E-state index contributed by atoms with van der Waals surface area (Å²) in [5.74, 6) is 1.19. The van der Waals surface area contributed by atoms with Gasteiger partial charge in [0.1, 0.15) is 5.78 Å². The minimum atomic E-state index is 0.0301. The number of anilines is 2. The van der Waals surface area contributed by atoms with Crippen molar-refractivity contribution in [2.24, 2.45) is 0 Å². The summed E-state index contributed by atoms with van der Waals surface area (Å²) in [4.78, 5) is 13.1. The second-order valence-electron chi connectivity index (χ2n) is 4.73. The molecule has 2 aromatic heterocycles. The Labute approximate surface area is 114 Å². The van der Waals surface area contributed by atoms with Crippen LogP contribution in [0.4, 0.5) is 11.6 Å². The van der Waals surface area contributed by atoms with E-state index in [2.05, 4.69) is 26.3 Å². The van der Waals surface area contributed by atoms with Crippen LogP contribution in [0.25, 0.3) is 0 Å². The Morgan fingerprint density at radius 1 is 1.42 bits per heavy atom. The fourth-order valence-corrected chi connectivity index (χ4v) is 3.33. The van der Waals surface area contributed by atoms with E-state index in [-0.39, 0.29) is 23.6 Å². The lowest BCUT2D eigenvalue weighted by atomic mass is 9.84. The molecule has 0 aromatic carbocycles. The lowest BCUT2D eigenvalue weighted by molar-refractivity contribution is -0.120. The van der Waals surface area contributed by atoms with Crippen LogP contribution >= 0.6 is 11.3 Å². The molecule has 6 nitrogen and oxygen atoms in total. The lowest BCUT2D eigenvalue weighted by Crippen LogP contribution is -2.31. The summed E-state index contributed by atoms with van der Waals surface area (Å²) in [7, 11) is 0. The van der Waals surface area contributed by atoms with Gasteiger partial charge in [-0.1, -0.05) is 6.07 Å². The minimum Gasteiger partial charge on any atom is -0.378 e. The van der Waals surface area contributed by atoms with Crippen LogP contribution in [0.3, 0.4) is 0 Å². The minimum absolute atomic E-state index is 0.0301. The van der Waals surface area contributed by atoms with E-state index in [1.807, 2.05) is 11.4 Å². The largest absolute Gasteiger partial charge is 0.378 e. The van der Waals surface area contributed by atoms with E-state index in [1.54, 1.807) is 11.3 Å². The molecule has 0 spiro atoms. The normalized spacial score (nSPS) is 23.5. The van der Waals surface area contributed by atoms with E-state index < -0.39 is 0 Å². The molecule has 3 rings (SSSR count). The average molecular weight is 278 g/mol. The highest BCUT2D eigenvalue weighted by Crippen LogP contribution is 2.35. The molecular formula is C12H14N4O2S. The molecule has 0 aliphatic heterocycles. The number of thiophene rings is 1. The molecular weight excluding hydrogens is 264 g/mol. The third-order valence-electron chi connectivity index (χ3n) is 3.32. The van der Waals surface area contributed by atoms with Gasteiger partial charge in [0.05, 0.1) is 0 Å². The molecule has 7 heteroatoms. The van der Waals surface area contributed by atoms with Crippen molar-refractivity contribution in [2.45, 2.75) is 31.2 Å². The Balaban J connectivity index is 1.72. The Morgan fingerprint density at radius 2 is 2.32 bits per heavy atom.